The maximum Gasteiger partial charge on any atom is 0.406 e. The summed E-state index contributed by atoms with van der Waals surface area (Å²) in [5.41, 5.74) is 2.88. The molecule has 1 aliphatic rings. The molecule has 0 bridgehead atoms. The summed E-state index contributed by atoms with van der Waals surface area (Å²) in [7, 11) is -0.795. The zero-order valence-electron chi connectivity index (χ0n) is 20.6. The van der Waals surface area contributed by atoms with Crippen LogP contribution in [0.2, 0.25) is 0 Å². The van der Waals surface area contributed by atoms with Crippen LogP contribution in [0, 0.1) is 17.3 Å². The van der Waals surface area contributed by atoms with Gasteiger partial charge in [0.1, 0.15) is 6.54 Å². The quantitative estimate of drug-likeness (QED) is 0.211. The Kier molecular flexibility index (Phi) is 9.02. The number of fused-ring (bicyclic) bond motifs is 1. The molecule has 3 N–H and O–H groups in total. The summed E-state index contributed by atoms with van der Waals surface area (Å²) < 4.78 is 53.2. The van der Waals surface area contributed by atoms with Crippen LogP contribution in [0.1, 0.15) is 24.1 Å². The Morgan fingerprint density at radius 2 is 2.05 bits per heavy atom. The average Bonchev–Trinajstić information content (AvgIpc) is 3.24. The third-order valence-corrected chi connectivity index (χ3v) is 7.41. The molecule has 0 atom stereocenters. The molecule has 0 radical (unpaired) electrons. The van der Waals surface area contributed by atoms with E-state index in [0.29, 0.717) is 28.1 Å². The number of anilines is 1. The van der Waals surface area contributed by atoms with Crippen molar-refractivity contribution in [1.82, 2.24) is 14.9 Å². The average molecular weight is 540 g/mol. The molecule has 1 fully saturated rings. The maximum absolute atomic E-state index is 13.4. The molecule has 1 saturated heterocycles. The van der Waals surface area contributed by atoms with Gasteiger partial charge in [0.2, 0.25) is 0 Å². The zero-order chi connectivity index (χ0) is 27.0. The standard InChI is InChI=1S/C28H28F3N5OS/c29-28(30,31)20-36-24(8-4-14-34-23(18-32)7-1-5-21-6-3-13-33-19-21)17-25-26(9-2-10-27(25)36)35-22-11-15-38(37)16-12-22/h1-3,5-7,9-10,13,17-19,22,32,34-35H,11-12,14-16,20H2/b5-1+,23-7+,32-18?. The summed E-state index contributed by atoms with van der Waals surface area (Å²) in [4.78, 5) is 4.04. The lowest BCUT2D eigenvalue weighted by Gasteiger charge is -2.24. The smallest absolute Gasteiger partial charge is 0.382 e. The Bertz CT molecular complexity index is 1410. The molecule has 2 aromatic heterocycles. The highest BCUT2D eigenvalue weighted by atomic mass is 32.2. The number of benzene rings is 1. The van der Waals surface area contributed by atoms with Gasteiger partial charge in [-0.05, 0) is 54.7 Å². The van der Waals surface area contributed by atoms with E-state index in [4.69, 9.17) is 5.41 Å². The van der Waals surface area contributed by atoms with Crippen molar-refractivity contribution in [2.24, 2.45) is 0 Å². The first-order chi connectivity index (χ1) is 18.3. The van der Waals surface area contributed by atoms with E-state index in [1.165, 1.54) is 4.57 Å². The highest BCUT2D eigenvalue weighted by Gasteiger charge is 2.30. The minimum atomic E-state index is -4.41. The molecule has 3 aromatic rings. The molecule has 1 aliphatic heterocycles. The first-order valence-electron chi connectivity index (χ1n) is 12.1. The van der Waals surface area contributed by atoms with Crippen LogP contribution in [-0.4, -0.2) is 50.2 Å². The zero-order valence-corrected chi connectivity index (χ0v) is 21.4. The van der Waals surface area contributed by atoms with Gasteiger partial charge in [0.15, 0.2) is 0 Å². The third kappa shape index (κ3) is 7.59. The Balaban J connectivity index is 1.52. The van der Waals surface area contributed by atoms with E-state index in [-0.39, 0.29) is 18.3 Å². The van der Waals surface area contributed by atoms with Crippen LogP contribution in [0.5, 0.6) is 0 Å². The van der Waals surface area contributed by atoms with Crippen LogP contribution in [0.15, 0.2) is 66.6 Å². The molecular formula is C28H28F3N5OS. The predicted molar refractivity (Wildman–Crippen MR) is 148 cm³/mol. The fourth-order valence-corrected chi connectivity index (χ4v) is 5.50. The third-order valence-electron chi connectivity index (χ3n) is 6.03. The molecule has 38 heavy (non-hydrogen) atoms. The van der Waals surface area contributed by atoms with Crippen molar-refractivity contribution in [3.05, 3.63) is 77.9 Å². The number of alkyl halides is 3. The molecule has 0 saturated carbocycles. The lowest BCUT2D eigenvalue weighted by atomic mass is 10.1. The molecule has 198 valence electrons. The Labute approximate surface area is 222 Å². The van der Waals surface area contributed by atoms with Crippen molar-refractivity contribution in [3.8, 4) is 11.8 Å². The fourth-order valence-electron chi connectivity index (χ4n) is 4.20. The summed E-state index contributed by atoms with van der Waals surface area (Å²) >= 11 is 0. The van der Waals surface area contributed by atoms with Crippen molar-refractivity contribution in [3.63, 3.8) is 0 Å². The topological polar surface area (TPSA) is 82.8 Å². The van der Waals surface area contributed by atoms with Crippen LogP contribution in [0.25, 0.3) is 17.0 Å². The summed E-state index contributed by atoms with van der Waals surface area (Å²) in [5.74, 6) is 7.01. The number of aromatic nitrogens is 2. The summed E-state index contributed by atoms with van der Waals surface area (Å²) in [6.07, 6.45) is 6.98. The van der Waals surface area contributed by atoms with Crippen LogP contribution in [0.3, 0.4) is 0 Å². The van der Waals surface area contributed by atoms with Gasteiger partial charge < -0.3 is 20.6 Å². The van der Waals surface area contributed by atoms with Gasteiger partial charge in [0.25, 0.3) is 0 Å². The van der Waals surface area contributed by atoms with E-state index in [0.717, 1.165) is 30.3 Å². The van der Waals surface area contributed by atoms with Gasteiger partial charge in [-0.3, -0.25) is 9.19 Å². The second kappa shape index (κ2) is 12.6. The highest BCUT2D eigenvalue weighted by Crippen LogP contribution is 2.31. The number of hydrogen-bond donors (Lipinski definition) is 3. The lowest BCUT2D eigenvalue weighted by molar-refractivity contribution is -0.140. The van der Waals surface area contributed by atoms with E-state index in [2.05, 4.69) is 27.5 Å². The number of halogens is 3. The molecule has 4 rings (SSSR count). The minimum Gasteiger partial charge on any atom is -0.382 e. The van der Waals surface area contributed by atoms with Crippen molar-refractivity contribution >= 4 is 39.7 Å². The van der Waals surface area contributed by atoms with Gasteiger partial charge in [0, 0.05) is 58.0 Å². The molecule has 1 aromatic carbocycles. The van der Waals surface area contributed by atoms with Crippen molar-refractivity contribution in [2.75, 3.05) is 23.4 Å². The SMILES string of the molecule is N=C/C(=C\C=C\c1cccnc1)NCC#Cc1cc2c(NC3CCS(=O)CC3)cccc2n1CC(F)(F)F. The number of nitrogens with zero attached hydrogens (tertiary/aromatic N) is 2. The number of pyridine rings is 1. The molecule has 3 heterocycles. The van der Waals surface area contributed by atoms with Gasteiger partial charge in [-0.25, -0.2) is 0 Å². The molecule has 6 nitrogen and oxygen atoms in total. The number of allylic oxidation sites excluding steroid dienone is 3. The van der Waals surface area contributed by atoms with Gasteiger partial charge in [-0.2, -0.15) is 13.2 Å². The number of hydrogen-bond acceptors (Lipinski definition) is 5. The van der Waals surface area contributed by atoms with Crippen molar-refractivity contribution in [2.45, 2.75) is 31.6 Å². The van der Waals surface area contributed by atoms with Crippen LogP contribution in [-0.2, 0) is 17.3 Å². The van der Waals surface area contributed by atoms with E-state index in [9.17, 15) is 17.4 Å². The first kappa shape index (κ1) is 27.2. The molecule has 0 spiro atoms. The molecule has 10 heteroatoms. The van der Waals surface area contributed by atoms with E-state index >= 15 is 0 Å². The Hall–Kier alpha value is -3.84. The molecule has 0 amide bonds. The van der Waals surface area contributed by atoms with Gasteiger partial charge in [0.05, 0.1) is 23.5 Å². The molecular weight excluding hydrogens is 511 g/mol. The van der Waals surface area contributed by atoms with Crippen LogP contribution < -0.4 is 10.6 Å². The second-order valence-corrected chi connectivity index (χ2v) is 10.5. The summed E-state index contributed by atoms with van der Waals surface area (Å²) in [6, 6.07) is 10.8. The predicted octanol–water partition coefficient (Wildman–Crippen LogP) is 5.11. The van der Waals surface area contributed by atoms with Crippen LogP contribution >= 0.6 is 0 Å². The van der Waals surface area contributed by atoms with E-state index in [1.807, 2.05) is 24.3 Å². The normalized spacial score (nSPS) is 18.2. The molecule has 0 unspecified atom stereocenters. The lowest BCUT2D eigenvalue weighted by Crippen LogP contribution is -2.29. The second-order valence-electron chi connectivity index (χ2n) is 8.80. The fraction of sp³-hybridized carbons (Fsp3) is 0.286. The number of nitrogens with one attached hydrogen (secondary N) is 3. The van der Waals surface area contributed by atoms with Crippen molar-refractivity contribution in [1.29, 1.82) is 5.41 Å². The largest absolute Gasteiger partial charge is 0.406 e. The Morgan fingerprint density at radius 1 is 1.24 bits per heavy atom. The van der Waals surface area contributed by atoms with E-state index < -0.39 is 23.5 Å². The Morgan fingerprint density at radius 3 is 2.76 bits per heavy atom. The number of rotatable bonds is 8. The minimum absolute atomic E-state index is 0.126. The summed E-state index contributed by atoms with van der Waals surface area (Å²) in [5, 5.41) is 14.7. The monoisotopic (exact) mass is 539 g/mol. The highest BCUT2D eigenvalue weighted by molar-refractivity contribution is 7.85. The maximum atomic E-state index is 13.4. The molecule has 0 aliphatic carbocycles. The van der Waals surface area contributed by atoms with Crippen LogP contribution in [0.4, 0.5) is 18.9 Å². The van der Waals surface area contributed by atoms with E-state index in [1.54, 1.807) is 42.7 Å². The first-order valence-corrected chi connectivity index (χ1v) is 13.6. The van der Waals surface area contributed by atoms with Gasteiger partial charge in [-0.1, -0.05) is 30.2 Å². The van der Waals surface area contributed by atoms with Gasteiger partial charge >= 0.3 is 6.18 Å². The van der Waals surface area contributed by atoms with Gasteiger partial charge in [-0.15, -0.1) is 0 Å². The summed E-state index contributed by atoms with van der Waals surface area (Å²) in [6.45, 7) is -0.996. The van der Waals surface area contributed by atoms with Crippen molar-refractivity contribution < 1.29 is 17.4 Å².